The number of nitriles is 1. The number of amides is 1. The SMILES string of the molecule is C=CC(=O)N1CCN(c2nc(OC[C@@H]3CCCO3)nc3c2CN(Cc2c(F)cccc2OC)C3)C[C@@H]1CC#N. The summed E-state index contributed by atoms with van der Waals surface area (Å²) in [6.07, 6.45) is 3.45. The third-order valence-electron chi connectivity index (χ3n) is 7.47. The van der Waals surface area contributed by atoms with E-state index in [0.29, 0.717) is 57.2 Å². The maximum absolute atomic E-state index is 14.7. The summed E-state index contributed by atoms with van der Waals surface area (Å²) in [5, 5.41) is 9.42. The first-order chi connectivity index (χ1) is 19.0. The minimum Gasteiger partial charge on any atom is -0.496 e. The molecule has 0 aliphatic carbocycles. The highest BCUT2D eigenvalue weighted by Crippen LogP contribution is 2.35. The number of nitrogens with zero attached hydrogens (tertiary/aromatic N) is 6. The van der Waals surface area contributed by atoms with Crippen molar-refractivity contribution in [1.82, 2.24) is 19.8 Å². The van der Waals surface area contributed by atoms with Gasteiger partial charge in [-0.3, -0.25) is 9.69 Å². The highest BCUT2D eigenvalue weighted by molar-refractivity contribution is 5.87. The minimum atomic E-state index is -0.320. The van der Waals surface area contributed by atoms with Crippen LogP contribution >= 0.6 is 0 Å². The van der Waals surface area contributed by atoms with Crippen molar-refractivity contribution in [2.75, 3.05) is 44.9 Å². The molecule has 0 N–H and O–H groups in total. The summed E-state index contributed by atoms with van der Waals surface area (Å²) in [6.45, 7) is 7.49. The van der Waals surface area contributed by atoms with Crippen LogP contribution in [0.25, 0.3) is 0 Å². The van der Waals surface area contributed by atoms with Gasteiger partial charge in [-0.1, -0.05) is 12.6 Å². The lowest BCUT2D eigenvalue weighted by molar-refractivity contribution is -0.128. The zero-order valence-corrected chi connectivity index (χ0v) is 22.1. The number of rotatable bonds is 9. The van der Waals surface area contributed by atoms with Crippen LogP contribution in [-0.4, -0.2) is 77.8 Å². The van der Waals surface area contributed by atoms with Crippen LogP contribution in [0.3, 0.4) is 0 Å². The van der Waals surface area contributed by atoms with Gasteiger partial charge in [0.1, 0.15) is 24.0 Å². The molecule has 0 saturated carbocycles. The average Bonchev–Trinajstić information content (AvgIpc) is 3.62. The van der Waals surface area contributed by atoms with Crippen molar-refractivity contribution in [2.24, 2.45) is 0 Å². The van der Waals surface area contributed by atoms with Gasteiger partial charge in [0.25, 0.3) is 0 Å². The van der Waals surface area contributed by atoms with Crippen molar-refractivity contribution in [3.63, 3.8) is 0 Å². The third-order valence-corrected chi connectivity index (χ3v) is 7.47. The van der Waals surface area contributed by atoms with Gasteiger partial charge in [0, 0.05) is 57.0 Å². The molecule has 0 bridgehead atoms. The predicted molar refractivity (Wildman–Crippen MR) is 141 cm³/mol. The predicted octanol–water partition coefficient (Wildman–Crippen LogP) is 2.81. The molecule has 1 aromatic heterocycles. The van der Waals surface area contributed by atoms with Crippen molar-refractivity contribution in [1.29, 1.82) is 5.26 Å². The van der Waals surface area contributed by atoms with Crippen molar-refractivity contribution in [3.8, 4) is 17.8 Å². The summed E-state index contributed by atoms with van der Waals surface area (Å²) < 4.78 is 31.8. The Labute approximate surface area is 227 Å². The number of carbonyl (C=O) groups excluding carboxylic acids is 1. The van der Waals surface area contributed by atoms with E-state index in [1.54, 1.807) is 17.0 Å². The number of aromatic nitrogens is 2. The van der Waals surface area contributed by atoms with Gasteiger partial charge in [0.05, 0.1) is 37.4 Å². The van der Waals surface area contributed by atoms with Gasteiger partial charge in [-0.05, 0) is 31.1 Å². The summed E-state index contributed by atoms with van der Waals surface area (Å²) in [5.41, 5.74) is 2.25. The van der Waals surface area contributed by atoms with Crippen LogP contribution in [0.4, 0.5) is 10.2 Å². The Morgan fingerprint density at radius 2 is 2.21 bits per heavy atom. The number of halogens is 1. The smallest absolute Gasteiger partial charge is 0.318 e. The highest BCUT2D eigenvalue weighted by Gasteiger charge is 2.34. The largest absolute Gasteiger partial charge is 0.496 e. The quantitative estimate of drug-likeness (QED) is 0.448. The third kappa shape index (κ3) is 5.82. The molecule has 3 aliphatic heterocycles. The van der Waals surface area contributed by atoms with Gasteiger partial charge < -0.3 is 24.0 Å². The molecule has 3 aliphatic rings. The Morgan fingerprint density at radius 3 is 2.95 bits per heavy atom. The normalized spacial score (nSPS) is 20.9. The Bertz CT molecular complexity index is 1260. The number of hydrogen-bond donors (Lipinski definition) is 0. The van der Waals surface area contributed by atoms with Crippen LogP contribution in [0.1, 0.15) is 36.1 Å². The van der Waals surface area contributed by atoms with Crippen molar-refractivity contribution in [2.45, 2.75) is 51.0 Å². The molecule has 0 radical (unpaired) electrons. The fourth-order valence-electron chi connectivity index (χ4n) is 5.50. The van der Waals surface area contributed by atoms with Gasteiger partial charge in [-0.25, -0.2) is 4.39 Å². The molecule has 1 amide bonds. The Kier molecular flexibility index (Phi) is 8.24. The first-order valence-electron chi connectivity index (χ1n) is 13.2. The van der Waals surface area contributed by atoms with Gasteiger partial charge in [0.15, 0.2) is 0 Å². The molecular formula is C28H33FN6O4. The van der Waals surface area contributed by atoms with E-state index in [-0.39, 0.29) is 36.3 Å². The molecule has 2 aromatic rings. The molecule has 39 heavy (non-hydrogen) atoms. The summed E-state index contributed by atoms with van der Waals surface area (Å²) in [6, 6.07) is 6.99. The summed E-state index contributed by atoms with van der Waals surface area (Å²) in [4.78, 5) is 27.8. The number of anilines is 1. The van der Waals surface area contributed by atoms with E-state index in [4.69, 9.17) is 24.2 Å². The maximum Gasteiger partial charge on any atom is 0.318 e. The molecule has 2 atom stereocenters. The van der Waals surface area contributed by atoms with E-state index in [1.165, 1.54) is 19.3 Å². The standard InChI is InChI=1S/C28H33FN6O4/c1-3-26(36)35-12-11-34(14-19(35)9-10-30)27-22-16-33(15-21-23(29)7-4-8-25(21)37-2)17-24(22)31-28(32-27)39-18-20-6-5-13-38-20/h3-4,7-8,19-20H,1,5-6,9,11-18H2,2H3/t19-,20-/m0/s1. The van der Waals surface area contributed by atoms with Crippen molar-refractivity contribution >= 4 is 11.7 Å². The van der Waals surface area contributed by atoms with E-state index >= 15 is 0 Å². The van der Waals surface area contributed by atoms with Crippen LogP contribution in [0.15, 0.2) is 30.9 Å². The number of ether oxygens (including phenoxy) is 3. The lowest BCUT2D eigenvalue weighted by Crippen LogP contribution is -2.55. The van der Waals surface area contributed by atoms with E-state index in [0.717, 1.165) is 36.5 Å². The van der Waals surface area contributed by atoms with Gasteiger partial charge >= 0.3 is 6.01 Å². The second kappa shape index (κ2) is 12.0. The Hall–Kier alpha value is -3.75. The maximum atomic E-state index is 14.7. The van der Waals surface area contributed by atoms with E-state index in [9.17, 15) is 14.4 Å². The molecule has 11 heteroatoms. The lowest BCUT2D eigenvalue weighted by Gasteiger charge is -2.41. The molecule has 206 valence electrons. The number of piperazine rings is 1. The number of methoxy groups -OCH3 is 1. The number of hydrogen-bond acceptors (Lipinski definition) is 9. The van der Waals surface area contributed by atoms with Crippen LogP contribution in [0, 0.1) is 17.1 Å². The Morgan fingerprint density at radius 1 is 1.33 bits per heavy atom. The summed E-state index contributed by atoms with van der Waals surface area (Å²) in [7, 11) is 1.53. The summed E-state index contributed by atoms with van der Waals surface area (Å²) in [5.74, 6) is 0.715. The first kappa shape index (κ1) is 26.8. The zero-order valence-electron chi connectivity index (χ0n) is 22.1. The van der Waals surface area contributed by atoms with E-state index in [1.807, 2.05) is 0 Å². The van der Waals surface area contributed by atoms with Crippen LogP contribution in [0.2, 0.25) is 0 Å². The van der Waals surface area contributed by atoms with Crippen LogP contribution < -0.4 is 14.4 Å². The topological polar surface area (TPSA) is 104 Å². The highest BCUT2D eigenvalue weighted by atomic mass is 19.1. The van der Waals surface area contributed by atoms with E-state index < -0.39 is 0 Å². The first-order valence-corrected chi connectivity index (χ1v) is 13.2. The second-order valence-corrected chi connectivity index (χ2v) is 9.96. The summed E-state index contributed by atoms with van der Waals surface area (Å²) >= 11 is 0. The molecule has 1 aromatic carbocycles. The molecule has 0 unspecified atom stereocenters. The van der Waals surface area contributed by atoms with Gasteiger partial charge in [0.2, 0.25) is 5.91 Å². The molecule has 4 heterocycles. The van der Waals surface area contributed by atoms with Crippen LogP contribution in [0.5, 0.6) is 11.8 Å². The lowest BCUT2D eigenvalue weighted by atomic mass is 10.1. The number of benzene rings is 1. The molecule has 0 spiro atoms. The second-order valence-electron chi connectivity index (χ2n) is 9.96. The molecular weight excluding hydrogens is 503 g/mol. The zero-order chi connectivity index (χ0) is 27.4. The van der Waals surface area contributed by atoms with Gasteiger partial charge in [-0.15, -0.1) is 0 Å². The molecule has 2 fully saturated rings. The number of carbonyl (C=O) groups is 1. The van der Waals surface area contributed by atoms with E-state index in [2.05, 4.69) is 22.4 Å². The van der Waals surface area contributed by atoms with Crippen molar-refractivity contribution in [3.05, 3.63) is 53.5 Å². The fourth-order valence-corrected chi connectivity index (χ4v) is 5.50. The molecule has 2 saturated heterocycles. The van der Waals surface area contributed by atoms with Gasteiger partial charge in [-0.2, -0.15) is 15.2 Å². The average molecular weight is 537 g/mol. The number of fused-ring (bicyclic) bond motifs is 1. The Balaban J connectivity index is 1.42. The fraction of sp³-hybridized carbons (Fsp3) is 0.500. The molecule has 10 nitrogen and oxygen atoms in total. The minimum absolute atomic E-state index is 0.0174. The van der Waals surface area contributed by atoms with Crippen LogP contribution in [-0.2, 0) is 29.2 Å². The monoisotopic (exact) mass is 536 g/mol. The molecule has 5 rings (SSSR count). The van der Waals surface area contributed by atoms with Crippen molar-refractivity contribution < 1.29 is 23.4 Å².